The highest BCUT2D eigenvalue weighted by molar-refractivity contribution is 7.07. The third kappa shape index (κ3) is 3.00. The molecule has 0 aliphatic carbocycles. The first-order chi connectivity index (χ1) is 11.7. The summed E-state index contributed by atoms with van der Waals surface area (Å²) >= 11 is 1.72. The second-order valence-electron chi connectivity index (χ2n) is 6.88. The molecule has 4 heterocycles. The van der Waals surface area contributed by atoms with Gasteiger partial charge >= 0.3 is 0 Å². The number of hydrogen-bond donors (Lipinski definition) is 0. The Morgan fingerprint density at radius 3 is 2.83 bits per heavy atom. The molecule has 24 heavy (non-hydrogen) atoms. The van der Waals surface area contributed by atoms with Crippen molar-refractivity contribution in [1.29, 1.82) is 0 Å². The molecule has 128 valence electrons. The van der Waals surface area contributed by atoms with Crippen molar-refractivity contribution in [3.8, 4) is 0 Å². The van der Waals surface area contributed by atoms with E-state index in [-0.39, 0.29) is 11.9 Å². The highest BCUT2D eigenvalue weighted by Gasteiger charge is 2.34. The number of amides is 1. The Balaban J connectivity index is 1.45. The van der Waals surface area contributed by atoms with Crippen LogP contribution in [0.3, 0.4) is 0 Å². The molecule has 0 aromatic carbocycles. The van der Waals surface area contributed by atoms with E-state index < -0.39 is 0 Å². The van der Waals surface area contributed by atoms with Crippen LogP contribution in [0.4, 0.5) is 0 Å². The van der Waals surface area contributed by atoms with Gasteiger partial charge in [-0.05, 0) is 54.6 Å². The minimum absolute atomic E-state index is 0.277. The highest BCUT2D eigenvalue weighted by Crippen LogP contribution is 2.35. The number of nitrogens with zero attached hydrogens (tertiary/aromatic N) is 4. The topological polar surface area (TPSA) is 41.4 Å². The van der Waals surface area contributed by atoms with Gasteiger partial charge in [-0.15, -0.1) is 0 Å². The third-order valence-corrected chi connectivity index (χ3v) is 6.01. The number of likely N-dealkylation sites (tertiary alicyclic amines) is 2. The van der Waals surface area contributed by atoms with Gasteiger partial charge in [0.15, 0.2) is 0 Å². The summed E-state index contributed by atoms with van der Waals surface area (Å²) in [6.45, 7) is 2.42. The van der Waals surface area contributed by atoms with Crippen molar-refractivity contribution >= 4 is 17.2 Å². The van der Waals surface area contributed by atoms with Crippen LogP contribution in [0.2, 0.25) is 0 Å². The molecular weight excluding hydrogens is 320 g/mol. The molecule has 2 fully saturated rings. The van der Waals surface area contributed by atoms with E-state index in [1.54, 1.807) is 11.3 Å². The third-order valence-electron chi connectivity index (χ3n) is 5.31. The van der Waals surface area contributed by atoms with Crippen molar-refractivity contribution in [2.24, 2.45) is 7.05 Å². The van der Waals surface area contributed by atoms with Gasteiger partial charge in [0.05, 0.1) is 18.8 Å². The van der Waals surface area contributed by atoms with Gasteiger partial charge < -0.3 is 4.90 Å². The standard InChI is InChI=1S/C18H24N4OS/c1-20-11-15(10-19-20)16-4-2-7-21(16)12-18(23)22-8-3-5-17(22)14-6-9-24-13-14/h6,9-11,13,16-17H,2-5,7-8,12H2,1H3/t16-,17-/m1/s1. The molecule has 1 amide bonds. The van der Waals surface area contributed by atoms with Gasteiger partial charge in [-0.1, -0.05) is 0 Å². The molecule has 0 spiro atoms. The molecule has 2 aliphatic rings. The molecule has 0 unspecified atom stereocenters. The van der Waals surface area contributed by atoms with Gasteiger partial charge in [-0.3, -0.25) is 14.4 Å². The molecule has 2 saturated heterocycles. The van der Waals surface area contributed by atoms with E-state index in [9.17, 15) is 4.79 Å². The molecule has 2 aromatic heterocycles. The average Bonchev–Trinajstić information content (AvgIpc) is 3.34. The van der Waals surface area contributed by atoms with E-state index in [1.807, 2.05) is 17.9 Å². The normalized spacial score (nSPS) is 24.8. The van der Waals surface area contributed by atoms with Gasteiger partial charge in [0, 0.05) is 31.4 Å². The number of rotatable bonds is 4. The zero-order chi connectivity index (χ0) is 16.5. The van der Waals surface area contributed by atoms with E-state index in [2.05, 4.69) is 37.9 Å². The maximum absolute atomic E-state index is 13.0. The van der Waals surface area contributed by atoms with Gasteiger partial charge in [0.1, 0.15) is 0 Å². The van der Waals surface area contributed by atoms with E-state index in [4.69, 9.17) is 0 Å². The van der Waals surface area contributed by atoms with Crippen LogP contribution < -0.4 is 0 Å². The fourth-order valence-electron chi connectivity index (χ4n) is 4.15. The van der Waals surface area contributed by atoms with Crippen LogP contribution in [0.15, 0.2) is 29.2 Å². The Morgan fingerprint density at radius 1 is 1.25 bits per heavy atom. The Morgan fingerprint density at radius 2 is 2.08 bits per heavy atom. The van der Waals surface area contributed by atoms with E-state index in [0.717, 1.165) is 38.8 Å². The second kappa shape index (κ2) is 6.69. The lowest BCUT2D eigenvalue weighted by Gasteiger charge is -2.29. The summed E-state index contributed by atoms with van der Waals surface area (Å²) < 4.78 is 1.85. The first-order valence-electron chi connectivity index (χ1n) is 8.76. The molecule has 0 saturated carbocycles. The average molecular weight is 344 g/mol. The molecule has 2 atom stereocenters. The number of aromatic nitrogens is 2. The first-order valence-corrected chi connectivity index (χ1v) is 9.71. The van der Waals surface area contributed by atoms with Crippen LogP contribution in [0.1, 0.15) is 48.9 Å². The Bertz CT molecular complexity index is 696. The fourth-order valence-corrected chi connectivity index (χ4v) is 4.85. The SMILES string of the molecule is Cn1cc([C@H]2CCCN2CC(=O)N2CCC[C@@H]2c2ccsc2)cn1. The molecular formula is C18H24N4OS. The van der Waals surface area contributed by atoms with Crippen molar-refractivity contribution in [3.05, 3.63) is 40.3 Å². The van der Waals surface area contributed by atoms with Crippen molar-refractivity contribution in [2.45, 2.75) is 37.8 Å². The van der Waals surface area contributed by atoms with Gasteiger partial charge in [-0.25, -0.2) is 0 Å². The monoisotopic (exact) mass is 344 g/mol. The van der Waals surface area contributed by atoms with Crippen LogP contribution >= 0.6 is 11.3 Å². The molecule has 0 bridgehead atoms. The molecule has 2 aliphatic heterocycles. The van der Waals surface area contributed by atoms with Crippen molar-refractivity contribution in [3.63, 3.8) is 0 Å². The van der Waals surface area contributed by atoms with Crippen molar-refractivity contribution in [1.82, 2.24) is 19.6 Å². The number of carbonyl (C=O) groups is 1. The molecule has 6 heteroatoms. The minimum Gasteiger partial charge on any atom is -0.335 e. The van der Waals surface area contributed by atoms with E-state index in [1.165, 1.54) is 11.1 Å². The van der Waals surface area contributed by atoms with Gasteiger partial charge in [0.25, 0.3) is 0 Å². The maximum atomic E-state index is 13.0. The summed E-state index contributed by atoms with van der Waals surface area (Å²) in [7, 11) is 1.95. The Labute approximate surface area is 146 Å². The first kappa shape index (κ1) is 15.8. The zero-order valence-corrected chi connectivity index (χ0v) is 14.9. The molecule has 0 radical (unpaired) electrons. The predicted molar refractivity (Wildman–Crippen MR) is 94.8 cm³/mol. The van der Waals surface area contributed by atoms with Gasteiger partial charge in [-0.2, -0.15) is 16.4 Å². The van der Waals surface area contributed by atoms with Crippen molar-refractivity contribution in [2.75, 3.05) is 19.6 Å². The lowest BCUT2D eigenvalue weighted by molar-refractivity contribution is -0.133. The quantitative estimate of drug-likeness (QED) is 0.856. The summed E-state index contributed by atoms with van der Waals surface area (Å²) in [5, 5.41) is 8.59. The molecule has 0 N–H and O–H groups in total. The number of carbonyl (C=O) groups excluding carboxylic acids is 1. The second-order valence-corrected chi connectivity index (χ2v) is 7.66. The van der Waals surface area contributed by atoms with Gasteiger partial charge in [0.2, 0.25) is 5.91 Å². The number of hydrogen-bond acceptors (Lipinski definition) is 4. The van der Waals surface area contributed by atoms with Crippen LogP contribution in [0, 0.1) is 0 Å². The molecule has 2 aromatic rings. The lowest BCUT2D eigenvalue weighted by atomic mass is 10.1. The fraction of sp³-hybridized carbons (Fsp3) is 0.556. The summed E-state index contributed by atoms with van der Waals surface area (Å²) in [5.74, 6) is 0.277. The lowest BCUT2D eigenvalue weighted by Crippen LogP contribution is -2.39. The summed E-state index contributed by atoms with van der Waals surface area (Å²) in [6.07, 6.45) is 8.50. The van der Waals surface area contributed by atoms with Crippen LogP contribution in [-0.2, 0) is 11.8 Å². The largest absolute Gasteiger partial charge is 0.335 e. The number of aryl methyl sites for hydroxylation is 1. The smallest absolute Gasteiger partial charge is 0.237 e. The maximum Gasteiger partial charge on any atom is 0.237 e. The van der Waals surface area contributed by atoms with Crippen LogP contribution in [0.5, 0.6) is 0 Å². The summed E-state index contributed by atoms with van der Waals surface area (Å²) in [6, 6.07) is 2.78. The highest BCUT2D eigenvalue weighted by atomic mass is 32.1. The van der Waals surface area contributed by atoms with E-state index >= 15 is 0 Å². The number of thiophene rings is 1. The Hall–Kier alpha value is -1.66. The summed E-state index contributed by atoms with van der Waals surface area (Å²) in [5.41, 5.74) is 2.54. The molecule has 4 rings (SSSR count). The van der Waals surface area contributed by atoms with Crippen LogP contribution in [-0.4, -0.2) is 45.1 Å². The summed E-state index contributed by atoms with van der Waals surface area (Å²) in [4.78, 5) is 17.4. The van der Waals surface area contributed by atoms with Crippen LogP contribution in [0.25, 0.3) is 0 Å². The minimum atomic E-state index is 0.277. The zero-order valence-electron chi connectivity index (χ0n) is 14.1. The van der Waals surface area contributed by atoms with Crippen molar-refractivity contribution < 1.29 is 4.79 Å². The predicted octanol–water partition coefficient (Wildman–Crippen LogP) is 2.98. The Kier molecular flexibility index (Phi) is 4.41. The molecule has 5 nitrogen and oxygen atoms in total. The van der Waals surface area contributed by atoms with E-state index in [0.29, 0.717) is 12.6 Å².